The second-order valence-electron chi connectivity index (χ2n) is 5.57. The zero-order chi connectivity index (χ0) is 11.7. The van der Waals surface area contributed by atoms with E-state index in [2.05, 4.69) is 15.5 Å². The number of aryl methyl sites for hydroxylation is 1. The van der Waals surface area contributed by atoms with Crippen LogP contribution in [0.5, 0.6) is 0 Å². The van der Waals surface area contributed by atoms with Gasteiger partial charge in [0.2, 0.25) is 5.89 Å². The van der Waals surface area contributed by atoms with Crippen LogP contribution in [-0.2, 0) is 6.54 Å². The van der Waals surface area contributed by atoms with Crippen LogP contribution in [0.4, 0.5) is 0 Å². The molecule has 0 aromatic carbocycles. The predicted molar refractivity (Wildman–Crippen MR) is 64.3 cm³/mol. The van der Waals surface area contributed by atoms with E-state index in [4.69, 9.17) is 4.52 Å². The van der Waals surface area contributed by atoms with E-state index in [1.54, 1.807) is 0 Å². The highest BCUT2D eigenvalue weighted by atomic mass is 16.5. The maximum absolute atomic E-state index is 4.97. The standard InChI is InChI=1S/C13H21N3O/c1-9-15-13(16-17-9)8-14-12-4-2-3-11(7-12)10-5-6-10/h10-12,14H,2-8H2,1H3. The van der Waals surface area contributed by atoms with E-state index in [-0.39, 0.29) is 0 Å². The number of aromatic nitrogens is 2. The Hall–Kier alpha value is -0.900. The third-order valence-corrected chi connectivity index (χ3v) is 4.12. The van der Waals surface area contributed by atoms with Crippen LogP contribution in [0.25, 0.3) is 0 Å². The first-order valence-electron chi connectivity index (χ1n) is 6.84. The van der Waals surface area contributed by atoms with Crippen molar-refractivity contribution < 1.29 is 4.52 Å². The highest BCUT2D eigenvalue weighted by molar-refractivity contribution is 4.89. The zero-order valence-electron chi connectivity index (χ0n) is 10.5. The summed E-state index contributed by atoms with van der Waals surface area (Å²) in [6.45, 7) is 2.58. The van der Waals surface area contributed by atoms with Gasteiger partial charge in [0, 0.05) is 13.0 Å². The van der Waals surface area contributed by atoms with E-state index in [0.29, 0.717) is 11.9 Å². The summed E-state index contributed by atoms with van der Waals surface area (Å²) < 4.78 is 4.97. The van der Waals surface area contributed by atoms with Gasteiger partial charge in [-0.25, -0.2) is 0 Å². The van der Waals surface area contributed by atoms with Crippen LogP contribution in [0, 0.1) is 18.8 Å². The summed E-state index contributed by atoms with van der Waals surface area (Å²) in [5.74, 6) is 3.47. The molecule has 0 aliphatic heterocycles. The monoisotopic (exact) mass is 235 g/mol. The molecule has 0 radical (unpaired) electrons. The molecule has 2 saturated carbocycles. The summed E-state index contributed by atoms with van der Waals surface area (Å²) >= 11 is 0. The molecule has 2 unspecified atom stereocenters. The van der Waals surface area contributed by atoms with Crippen LogP contribution in [0.3, 0.4) is 0 Å². The average Bonchev–Trinajstić information content (AvgIpc) is 3.11. The van der Waals surface area contributed by atoms with E-state index in [9.17, 15) is 0 Å². The second-order valence-corrected chi connectivity index (χ2v) is 5.57. The van der Waals surface area contributed by atoms with E-state index in [1.165, 1.54) is 38.5 Å². The molecular weight excluding hydrogens is 214 g/mol. The Balaban J connectivity index is 1.47. The molecule has 1 N–H and O–H groups in total. The minimum atomic E-state index is 0.654. The summed E-state index contributed by atoms with van der Waals surface area (Å²) in [6.07, 6.45) is 8.43. The fraction of sp³-hybridized carbons (Fsp3) is 0.846. The van der Waals surface area contributed by atoms with Crippen LogP contribution in [0.1, 0.15) is 50.2 Å². The van der Waals surface area contributed by atoms with Crippen molar-refractivity contribution in [3.63, 3.8) is 0 Å². The van der Waals surface area contributed by atoms with Crippen molar-refractivity contribution in [3.8, 4) is 0 Å². The Bertz CT molecular complexity index is 372. The lowest BCUT2D eigenvalue weighted by atomic mass is 9.83. The fourth-order valence-electron chi connectivity index (χ4n) is 3.06. The second kappa shape index (κ2) is 4.77. The lowest BCUT2D eigenvalue weighted by Crippen LogP contribution is -2.34. The molecule has 3 rings (SSSR count). The van der Waals surface area contributed by atoms with Crippen molar-refractivity contribution in [3.05, 3.63) is 11.7 Å². The molecule has 1 aromatic heterocycles. The van der Waals surface area contributed by atoms with Gasteiger partial charge in [-0.05, 0) is 37.5 Å². The lowest BCUT2D eigenvalue weighted by molar-refractivity contribution is 0.258. The first-order valence-corrected chi connectivity index (χ1v) is 6.84. The SMILES string of the molecule is Cc1nc(CNC2CCCC(C3CC3)C2)no1. The largest absolute Gasteiger partial charge is 0.340 e. The van der Waals surface area contributed by atoms with E-state index >= 15 is 0 Å². The minimum Gasteiger partial charge on any atom is -0.340 e. The van der Waals surface area contributed by atoms with Gasteiger partial charge in [-0.3, -0.25) is 0 Å². The molecular formula is C13H21N3O. The molecule has 0 amide bonds. The molecule has 94 valence electrons. The molecule has 0 spiro atoms. The van der Waals surface area contributed by atoms with Crippen molar-refractivity contribution in [1.29, 1.82) is 0 Å². The number of nitrogens with one attached hydrogen (secondary N) is 1. The maximum Gasteiger partial charge on any atom is 0.223 e. The van der Waals surface area contributed by atoms with Crippen LogP contribution < -0.4 is 5.32 Å². The number of hydrogen-bond donors (Lipinski definition) is 1. The van der Waals surface area contributed by atoms with Crippen LogP contribution in [0.2, 0.25) is 0 Å². The van der Waals surface area contributed by atoms with Crippen LogP contribution >= 0.6 is 0 Å². The Kier molecular flexibility index (Phi) is 3.14. The summed E-state index contributed by atoms with van der Waals surface area (Å²) in [5.41, 5.74) is 0. The van der Waals surface area contributed by atoms with Crippen molar-refractivity contribution in [2.75, 3.05) is 0 Å². The first-order chi connectivity index (χ1) is 8.31. The normalized spacial score (nSPS) is 29.5. The number of rotatable bonds is 4. The van der Waals surface area contributed by atoms with Gasteiger partial charge in [0.15, 0.2) is 5.82 Å². The molecule has 2 atom stereocenters. The van der Waals surface area contributed by atoms with Crippen molar-refractivity contribution >= 4 is 0 Å². The van der Waals surface area contributed by atoms with Crippen molar-refractivity contribution in [2.24, 2.45) is 11.8 Å². The third kappa shape index (κ3) is 2.86. The summed E-state index contributed by atoms with van der Waals surface area (Å²) in [4.78, 5) is 4.22. The summed E-state index contributed by atoms with van der Waals surface area (Å²) in [6, 6.07) is 0.660. The van der Waals surface area contributed by atoms with Gasteiger partial charge in [-0.15, -0.1) is 0 Å². The Morgan fingerprint density at radius 2 is 2.12 bits per heavy atom. The van der Waals surface area contributed by atoms with E-state index in [1.807, 2.05) is 6.92 Å². The number of nitrogens with zero attached hydrogens (tertiary/aromatic N) is 2. The average molecular weight is 235 g/mol. The smallest absolute Gasteiger partial charge is 0.223 e. The Labute approximate surface area is 102 Å². The summed E-state index contributed by atoms with van der Waals surface area (Å²) in [7, 11) is 0. The summed E-state index contributed by atoms with van der Waals surface area (Å²) in [5, 5.41) is 7.50. The molecule has 1 heterocycles. The third-order valence-electron chi connectivity index (χ3n) is 4.12. The van der Waals surface area contributed by atoms with Crippen molar-refractivity contribution in [2.45, 2.75) is 58.0 Å². The molecule has 4 heteroatoms. The topological polar surface area (TPSA) is 51.0 Å². The van der Waals surface area contributed by atoms with Crippen molar-refractivity contribution in [1.82, 2.24) is 15.5 Å². The predicted octanol–water partition coefficient (Wildman–Crippen LogP) is 2.44. The molecule has 2 fully saturated rings. The van der Waals surface area contributed by atoms with Gasteiger partial charge in [-0.1, -0.05) is 18.0 Å². The fourth-order valence-corrected chi connectivity index (χ4v) is 3.06. The highest BCUT2D eigenvalue weighted by Gasteiger charge is 2.34. The minimum absolute atomic E-state index is 0.654. The van der Waals surface area contributed by atoms with Gasteiger partial charge >= 0.3 is 0 Å². The van der Waals surface area contributed by atoms with Gasteiger partial charge < -0.3 is 9.84 Å². The maximum atomic E-state index is 4.97. The Morgan fingerprint density at radius 1 is 1.24 bits per heavy atom. The van der Waals surface area contributed by atoms with Gasteiger partial charge in [-0.2, -0.15) is 4.98 Å². The number of hydrogen-bond acceptors (Lipinski definition) is 4. The molecule has 17 heavy (non-hydrogen) atoms. The van der Waals surface area contributed by atoms with Gasteiger partial charge in [0.25, 0.3) is 0 Å². The quantitative estimate of drug-likeness (QED) is 0.871. The Morgan fingerprint density at radius 3 is 2.82 bits per heavy atom. The highest BCUT2D eigenvalue weighted by Crippen LogP contribution is 2.43. The van der Waals surface area contributed by atoms with Gasteiger partial charge in [0.1, 0.15) is 0 Å². The molecule has 2 aliphatic carbocycles. The zero-order valence-corrected chi connectivity index (χ0v) is 10.5. The lowest BCUT2D eigenvalue weighted by Gasteiger charge is -2.29. The molecule has 2 aliphatic rings. The van der Waals surface area contributed by atoms with Crippen LogP contribution in [-0.4, -0.2) is 16.2 Å². The molecule has 4 nitrogen and oxygen atoms in total. The molecule has 1 aromatic rings. The first kappa shape index (κ1) is 11.2. The van der Waals surface area contributed by atoms with E-state index in [0.717, 1.165) is 24.2 Å². The van der Waals surface area contributed by atoms with Crippen LogP contribution in [0.15, 0.2) is 4.52 Å². The van der Waals surface area contributed by atoms with Gasteiger partial charge in [0.05, 0.1) is 6.54 Å². The molecule has 0 bridgehead atoms. The van der Waals surface area contributed by atoms with E-state index < -0.39 is 0 Å². The molecule has 0 saturated heterocycles.